The average molecular weight is 336 g/mol. The van der Waals surface area contributed by atoms with Crippen molar-refractivity contribution in [2.45, 2.75) is 46.2 Å². The Balaban J connectivity index is 1.88. The fourth-order valence-electron chi connectivity index (χ4n) is 2.41. The van der Waals surface area contributed by atoms with E-state index in [0.717, 1.165) is 5.56 Å². The molecule has 1 saturated heterocycles. The van der Waals surface area contributed by atoms with Gasteiger partial charge in [0.05, 0.1) is 12.5 Å². The Morgan fingerprint density at radius 3 is 2.50 bits per heavy atom. The summed E-state index contributed by atoms with van der Waals surface area (Å²) in [5, 5.41) is 9.41. The van der Waals surface area contributed by atoms with Crippen molar-refractivity contribution in [3.63, 3.8) is 0 Å². The van der Waals surface area contributed by atoms with Gasteiger partial charge < -0.3 is 19.3 Å². The van der Waals surface area contributed by atoms with Gasteiger partial charge in [-0.15, -0.1) is 0 Å². The number of aliphatic carboxylic acids is 1. The molecule has 1 heterocycles. The number of benzene rings is 1. The summed E-state index contributed by atoms with van der Waals surface area (Å²) in [6.45, 7) is 6.22. The number of esters is 1. The van der Waals surface area contributed by atoms with E-state index in [1.165, 1.54) is 0 Å². The normalized spacial score (nSPS) is 22.2. The number of ether oxygens (including phenoxy) is 3. The SMILES string of the molecule is CC(C)(C)[C@H]1OC(=O)[C@@H]([C@@H](CCOCc2ccccc2)C(=O)O)O1. The van der Waals surface area contributed by atoms with Gasteiger partial charge in [0.15, 0.2) is 6.10 Å². The van der Waals surface area contributed by atoms with Crippen molar-refractivity contribution in [1.29, 1.82) is 0 Å². The van der Waals surface area contributed by atoms with Crippen molar-refractivity contribution in [3.05, 3.63) is 35.9 Å². The number of rotatable bonds is 7. The highest BCUT2D eigenvalue weighted by Gasteiger charge is 2.47. The maximum absolute atomic E-state index is 12.0. The zero-order chi connectivity index (χ0) is 17.7. The predicted octanol–water partition coefficient (Wildman–Crippen LogP) is 2.61. The van der Waals surface area contributed by atoms with Gasteiger partial charge in [-0.05, 0) is 12.0 Å². The van der Waals surface area contributed by atoms with Crippen LogP contribution in [0.2, 0.25) is 0 Å². The van der Waals surface area contributed by atoms with Crippen LogP contribution in [0, 0.1) is 11.3 Å². The monoisotopic (exact) mass is 336 g/mol. The highest BCUT2D eigenvalue weighted by Crippen LogP contribution is 2.33. The van der Waals surface area contributed by atoms with E-state index in [-0.39, 0.29) is 13.0 Å². The van der Waals surface area contributed by atoms with Crippen LogP contribution in [-0.4, -0.2) is 36.0 Å². The molecule has 1 aliphatic rings. The van der Waals surface area contributed by atoms with Crippen LogP contribution in [0.25, 0.3) is 0 Å². The molecule has 1 fully saturated rings. The molecule has 0 bridgehead atoms. The smallest absolute Gasteiger partial charge is 0.338 e. The van der Waals surface area contributed by atoms with E-state index in [0.29, 0.717) is 6.61 Å². The quantitative estimate of drug-likeness (QED) is 0.609. The molecule has 1 N–H and O–H groups in total. The minimum absolute atomic E-state index is 0.179. The molecular weight excluding hydrogens is 312 g/mol. The molecule has 6 heteroatoms. The Morgan fingerprint density at radius 2 is 1.96 bits per heavy atom. The van der Waals surface area contributed by atoms with Crippen molar-refractivity contribution >= 4 is 11.9 Å². The van der Waals surface area contributed by atoms with Gasteiger partial charge in [0, 0.05) is 12.0 Å². The third-order valence-electron chi connectivity index (χ3n) is 3.80. The lowest BCUT2D eigenvalue weighted by Gasteiger charge is -2.24. The van der Waals surface area contributed by atoms with Crippen molar-refractivity contribution in [1.82, 2.24) is 0 Å². The van der Waals surface area contributed by atoms with Crippen molar-refractivity contribution < 1.29 is 28.9 Å². The van der Waals surface area contributed by atoms with E-state index >= 15 is 0 Å². The lowest BCUT2D eigenvalue weighted by molar-refractivity contribution is -0.156. The van der Waals surface area contributed by atoms with Gasteiger partial charge in [-0.3, -0.25) is 4.79 Å². The van der Waals surface area contributed by atoms with Crippen LogP contribution in [0.4, 0.5) is 0 Å². The van der Waals surface area contributed by atoms with Gasteiger partial charge in [-0.1, -0.05) is 51.1 Å². The lowest BCUT2D eigenvalue weighted by atomic mass is 9.96. The molecule has 1 aliphatic heterocycles. The number of carboxylic acids is 1. The number of carboxylic acid groups (broad SMARTS) is 1. The van der Waals surface area contributed by atoms with Gasteiger partial charge in [0.2, 0.25) is 6.29 Å². The lowest BCUT2D eigenvalue weighted by Crippen LogP contribution is -2.35. The highest BCUT2D eigenvalue weighted by molar-refractivity contribution is 5.84. The summed E-state index contributed by atoms with van der Waals surface area (Å²) in [6, 6.07) is 9.60. The van der Waals surface area contributed by atoms with Crippen LogP contribution in [0.3, 0.4) is 0 Å². The molecule has 3 atom stereocenters. The zero-order valence-corrected chi connectivity index (χ0v) is 14.2. The van der Waals surface area contributed by atoms with Crippen molar-refractivity contribution in [3.8, 4) is 0 Å². The molecule has 0 unspecified atom stereocenters. The molecule has 24 heavy (non-hydrogen) atoms. The summed E-state index contributed by atoms with van der Waals surface area (Å²) in [4.78, 5) is 23.5. The molecule has 1 aromatic rings. The second-order valence-electron chi connectivity index (χ2n) is 6.96. The van der Waals surface area contributed by atoms with Crippen molar-refractivity contribution in [2.75, 3.05) is 6.61 Å². The first kappa shape index (κ1) is 18.4. The first-order valence-corrected chi connectivity index (χ1v) is 7.99. The standard InChI is InChI=1S/C18H24O6/c1-18(2,3)17-23-14(16(21)24-17)13(15(19)20)9-10-22-11-12-7-5-4-6-8-12/h4-8,13-14,17H,9-11H2,1-3H3,(H,19,20)/t13-,14-,17-/m1/s1. The minimum Gasteiger partial charge on any atom is -0.481 e. The third-order valence-corrected chi connectivity index (χ3v) is 3.80. The molecule has 132 valence electrons. The van der Waals surface area contributed by atoms with Crippen LogP contribution >= 0.6 is 0 Å². The Labute approximate surface area is 141 Å². The van der Waals surface area contributed by atoms with E-state index in [1.54, 1.807) is 0 Å². The topological polar surface area (TPSA) is 82.1 Å². The molecule has 1 aromatic carbocycles. The largest absolute Gasteiger partial charge is 0.481 e. The van der Waals surface area contributed by atoms with Crippen molar-refractivity contribution in [2.24, 2.45) is 11.3 Å². The Kier molecular flexibility index (Phi) is 5.96. The van der Waals surface area contributed by atoms with Crippen LogP contribution in [0.1, 0.15) is 32.8 Å². The summed E-state index contributed by atoms with van der Waals surface area (Å²) < 4.78 is 16.3. The van der Waals surface area contributed by atoms with Crippen LogP contribution < -0.4 is 0 Å². The van der Waals surface area contributed by atoms with Crippen LogP contribution in [0.5, 0.6) is 0 Å². The van der Waals surface area contributed by atoms with Gasteiger partial charge >= 0.3 is 11.9 Å². The number of hydrogen-bond acceptors (Lipinski definition) is 5. The second kappa shape index (κ2) is 7.77. The summed E-state index contributed by atoms with van der Waals surface area (Å²) in [6.07, 6.45) is -1.65. The molecule has 6 nitrogen and oxygen atoms in total. The molecule has 2 rings (SSSR count). The van der Waals surface area contributed by atoms with Gasteiger partial charge in [-0.25, -0.2) is 4.79 Å². The summed E-state index contributed by atoms with van der Waals surface area (Å²) in [5.41, 5.74) is 0.603. The number of hydrogen-bond donors (Lipinski definition) is 1. The summed E-state index contributed by atoms with van der Waals surface area (Å²) in [5.74, 6) is -2.69. The predicted molar refractivity (Wildman–Crippen MR) is 86.0 cm³/mol. The van der Waals surface area contributed by atoms with Gasteiger partial charge in [-0.2, -0.15) is 0 Å². The number of carbonyl (C=O) groups excluding carboxylic acids is 1. The molecule has 0 aliphatic carbocycles. The van der Waals surface area contributed by atoms with Crippen LogP contribution in [-0.2, 0) is 30.4 Å². The molecule has 0 saturated carbocycles. The van der Waals surface area contributed by atoms with E-state index in [1.807, 2.05) is 51.1 Å². The Bertz CT molecular complexity index is 563. The second-order valence-corrected chi connectivity index (χ2v) is 6.96. The van der Waals surface area contributed by atoms with Gasteiger partial charge in [0.1, 0.15) is 0 Å². The third kappa shape index (κ3) is 4.79. The number of carbonyl (C=O) groups is 2. The van der Waals surface area contributed by atoms with Gasteiger partial charge in [0.25, 0.3) is 0 Å². The summed E-state index contributed by atoms with van der Waals surface area (Å²) in [7, 11) is 0. The van der Waals surface area contributed by atoms with E-state index in [4.69, 9.17) is 14.2 Å². The molecule has 0 aromatic heterocycles. The molecule has 0 spiro atoms. The fraction of sp³-hybridized carbons (Fsp3) is 0.556. The molecular formula is C18H24O6. The molecule has 0 radical (unpaired) electrons. The van der Waals surface area contributed by atoms with Crippen LogP contribution in [0.15, 0.2) is 30.3 Å². The van der Waals surface area contributed by atoms with E-state index in [9.17, 15) is 14.7 Å². The first-order valence-electron chi connectivity index (χ1n) is 7.99. The van der Waals surface area contributed by atoms with E-state index < -0.39 is 35.7 Å². The first-order chi connectivity index (χ1) is 11.3. The zero-order valence-electron chi connectivity index (χ0n) is 14.2. The minimum atomic E-state index is -1.09. The Hall–Kier alpha value is -1.92. The maximum Gasteiger partial charge on any atom is 0.338 e. The maximum atomic E-state index is 12.0. The molecule has 0 amide bonds. The summed E-state index contributed by atoms with van der Waals surface area (Å²) >= 11 is 0. The van der Waals surface area contributed by atoms with E-state index in [2.05, 4.69) is 0 Å². The fourth-order valence-corrected chi connectivity index (χ4v) is 2.41. The Morgan fingerprint density at radius 1 is 1.29 bits per heavy atom. The average Bonchev–Trinajstić information content (AvgIpc) is 2.90. The number of cyclic esters (lactones) is 1. The highest BCUT2D eigenvalue weighted by atomic mass is 16.8.